The Bertz CT molecular complexity index is 708. The second-order valence-electron chi connectivity index (χ2n) is 6.61. The Hall–Kier alpha value is -1.98. The Kier molecular flexibility index (Phi) is 6.97. The van der Waals surface area contributed by atoms with Gasteiger partial charge in [-0.05, 0) is 35.8 Å². The highest BCUT2D eigenvalue weighted by molar-refractivity contribution is 7.99. The van der Waals surface area contributed by atoms with Crippen molar-refractivity contribution in [1.29, 1.82) is 0 Å². The first-order chi connectivity index (χ1) is 12.7. The summed E-state index contributed by atoms with van der Waals surface area (Å²) in [6.07, 6.45) is 1.00. The normalized spacial score (nSPS) is 15.0. The Morgan fingerprint density at radius 2 is 1.96 bits per heavy atom. The number of carbonyl (C=O) groups is 1. The van der Waals surface area contributed by atoms with Crippen LogP contribution in [-0.4, -0.2) is 31.5 Å². The van der Waals surface area contributed by atoms with Gasteiger partial charge in [0.25, 0.3) is 0 Å². The maximum absolute atomic E-state index is 12.7. The molecule has 0 fully saturated rings. The van der Waals surface area contributed by atoms with Crippen molar-refractivity contribution >= 4 is 23.5 Å². The molecular weight excluding hydrogens is 344 g/mol. The summed E-state index contributed by atoms with van der Waals surface area (Å²) in [5.41, 5.74) is 2.18. The van der Waals surface area contributed by atoms with E-state index in [0.29, 0.717) is 19.8 Å². The molecule has 0 saturated carbocycles. The van der Waals surface area contributed by atoms with Crippen LogP contribution in [0.1, 0.15) is 18.9 Å². The number of carbonyl (C=O) groups excluding carboxylic acids is 1. The first-order valence-corrected chi connectivity index (χ1v) is 10.1. The van der Waals surface area contributed by atoms with Crippen molar-refractivity contribution in [2.75, 3.05) is 30.3 Å². The average Bonchev–Trinajstić information content (AvgIpc) is 2.89. The summed E-state index contributed by atoms with van der Waals surface area (Å²) >= 11 is 1.82. The second-order valence-corrected chi connectivity index (χ2v) is 7.75. The van der Waals surface area contributed by atoms with E-state index in [-0.39, 0.29) is 11.9 Å². The van der Waals surface area contributed by atoms with Crippen LogP contribution in [0.2, 0.25) is 0 Å². The van der Waals surface area contributed by atoms with E-state index in [1.54, 1.807) is 0 Å². The van der Waals surface area contributed by atoms with Crippen LogP contribution in [0.25, 0.3) is 0 Å². The number of fused-ring (bicyclic) bond motifs is 1. The Labute approximate surface area is 159 Å². The fourth-order valence-corrected chi connectivity index (χ4v) is 3.90. The molecule has 5 heteroatoms. The van der Waals surface area contributed by atoms with Gasteiger partial charge < -0.3 is 10.1 Å². The molecule has 1 atom stereocenters. The van der Waals surface area contributed by atoms with Gasteiger partial charge in [0.2, 0.25) is 0 Å². The van der Waals surface area contributed by atoms with Gasteiger partial charge in [-0.3, -0.25) is 4.90 Å². The quantitative estimate of drug-likeness (QED) is 0.811. The monoisotopic (exact) mass is 370 g/mol. The maximum Gasteiger partial charge on any atom is 0.321 e. The van der Waals surface area contributed by atoms with Crippen molar-refractivity contribution in [1.82, 2.24) is 5.32 Å². The van der Waals surface area contributed by atoms with Crippen molar-refractivity contribution < 1.29 is 9.53 Å². The Morgan fingerprint density at radius 3 is 2.81 bits per heavy atom. The number of hydrogen-bond donors (Lipinski definition) is 1. The largest absolute Gasteiger partial charge is 0.376 e. The molecule has 0 aromatic heterocycles. The highest BCUT2D eigenvalue weighted by atomic mass is 32.2. The molecule has 1 aliphatic rings. The van der Waals surface area contributed by atoms with Gasteiger partial charge in [0.1, 0.15) is 0 Å². The number of nitrogens with one attached hydrogen (secondary N) is 1. The minimum atomic E-state index is -0.0186. The fourth-order valence-electron chi connectivity index (χ4n) is 2.91. The molecule has 0 aliphatic carbocycles. The van der Waals surface area contributed by atoms with E-state index in [4.69, 9.17) is 4.74 Å². The van der Waals surface area contributed by atoms with Crippen molar-refractivity contribution in [3.63, 3.8) is 0 Å². The number of ether oxygens (including phenoxy) is 1. The third kappa shape index (κ3) is 5.26. The number of anilines is 1. The predicted octanol–water partition coefficient (Wildman–Crippen LogP) is 4.55. The van der Waals surface area contributed by atoms with Crippen LogP contribution in [0.15, 0.2) is 59.5 Å². The molecule has 1 heterocycles. The molecule has 138 valence electrons. The molecule has 0 bridgehead atoms. The van der Waals surface area contributed by atoms with Crippen molar-refractivity contribution in [3.05, 3.63) is 60.2 Å². The first kappa shape index (κ1) is 18.8. The molecule has 1 unspecified atom stereocenters. The molecule has 4 nitrogen and oxygen atoms in total. The zero-order chi connectivity index (χ0) is 18.2. The molecule has 1 N–H and O–H groups in total. The molecule has 0 spiro atoms. The van der Waals surface area contributed by atoms with Gasteiger partial charge in [-0.2, -0.15) is 0 Å². The van der Waals surface area contributed by atoms with Gasteiger partial charge in [0.05, 0.1) is 18.9 Å². The van der Waals surface area contributed by atoms with Crippen LogP contribution in [0, 0.1) is 5.92 Å². The van der Waals surface area contributed by atoms with E-state index in [1.807, 2.05) is 53.1 Å². The number of benzene rings is 2. The number of nitrogens with zero attached hydrogens (tertiary/aromatic N) is 1. The standard InChI is InChI=1S/C21H26N2O2S/c1-17(15-25-16-18-8-3-2-4-9-18)14-22-21(24)23-12-7-13-26-20-11-6-5-10-19(20)23/h2-6,8-11,17H,7,12-16H2,1H3,(H,22,24). The predicted molar refractivity (Wildman–Crippen MR) is 108 cm³/mol. The molecule has 26 heavy (non-hydrogen) atoms. The number of thioether (sulfide) groups is 1. The van der Waals surface area contributed by atoms with E-state index in [0.717, 1.165) is 24.4 Å². The smallest absolute Gasteiger partial charge is 0.321 e. The highest BCUT2D eigenvalue weighted by Gasteiger charge is 2.21. The van der Waals surface area contributed by atoms with Gasteiger partial charge in [-0.1, -0.05) is 49.4 Å². The van der Waals surface area contributed by atoms with Crippen LogP contribution < -0.4 is 10.2 Å². The average molecular weight is 371 g/mol. The topological polar surface area (TPSA) is 41.6 Å². The lowest BCUT2D eigenvalue weighted by molar-refractivity contribution is 0.0925. The second kappa shape index (κ2) is 9.64. The van der Waals surface area contributed by atoms with E-state index in [2.05, 4.69) is 30.4 Å². The number of urea groups is 1. The third-order valence-corrected chi connectivity index (χ3v) is 5.45. The summed E-state index contributed by atoms with van der Waals surface area (Å²) in [6, 6.07) is 18.3. The van der Waals surface area contributed by atoms with Gasteiger partial charge in [-0.15, -0.1) is 11.8 Å². The van der Waals surface area contributed by atoms with Gasteiger partial charge in [-0.25, -0.2) is 4.79 Å². The van der Waals surface area contributed by atoms with Crippen LogP contribution >= 0.6 is 11.8 Å². The van der Waals surface area contributed by atoms with Crippen molar-refractivity contribution in [2.45, 2.75) is 24.8 Å². The van der Waals surface area contributed by atoms with Crippen LogP contribution in [0.3, 0.4) is 0 Å². The Morgan fingerprint density at radius 1 is 1.19 bits per heavy atom. The van der Waals surface area contributed by atoms with Crippen molar-refractivity contribution in [2.24, 2.45) is 5.92 Å². The molecular formula is C21H26N2O2S. The highest BCUT2D eigenvalue weighted by Crippen LogP contribution is 2.33. The lowest BCUT2D eigenvalue weighted by atomic mass is 10.2. The molecule has 2 aromatic carbocycles. The number of para-hydroxylation sites is 1. The SMILES string of the molecule is CC(CNC(=O)N1CCCSc2ccccc21)COCc1ccccc1. The third-order valence-electron chi connectivity index (χ3n) is 4.30. The summed E-state index contributed by atoms with van der Waals surface area (Å²) in [5, 5.41) is 3.07. The van der Waals surface area contributed by atoms with Gasteiger partial charge in [0, 0.05) is 18.0 Å². The number of hydrogen-bond acceptors (Lipinski definition) is 3. The van der Waals surface area contributed by atoms with Crippen LogP contribution in [-0.2, 0) is 11.3 Å². The lowest BCUT2D eigenvalue weighted by Gasteiger charge is -2.24. The zero-order valence-electron chi connectivity index (χ0n) is 15.2. The van der Waals surface area contributed by atoms with E-state index in [9.17, 15) is 4.79 Å². The minimum Gasteiger partial charge on any atom is -0.376 e. The van der Waals surface area contributed by atoms with Gasteiger partial charge in [0.15, 0.2) is 0 Å². The summed E-state index contributed by atoms with van der Waals surface area (Å²) in [5.74, 6) is 1.31. The molecule has 2 aromatic rings. The maximum atomic E-state index is 12.7. The fraction of sp³-hybridized carbons (Fsp3) is 0.381. The van der Waals surface area contributed by atoms with Crippen LogP contribution in [0.4, 0.5) is 10.5 Å². The summed E-state index contributed by atoms with van der Waals surface area (Å²) in [6.45, 7) is 4.70. The minimum absolute atomic E-state index is 0.0186. The Balaban J connectivity index is 1.46. The van der Waals surface area contributed by atoms with Crippen molar-refractivity contribution in [3.8, 4) is 0 Å². The lowest BCUT2D eigenvalue weighted by Crippen LogP contribution is -2.42. The summed E-state index contributed by atoms with van der Waals surface area (Å²) in [4.78, 5) is 15.7. The summed E-state index contributed by atoms with van der Waals surface area (Å²) in [7, 11) is 0. The first-order valence-electron chi connectivity index (χ1n) is 9.13. The molecule has 0 radical (unpaired) electrons. The molecule has 3 rings (SSSR count). The summed E-state index contributed by atoms with van der Waals surface area (Å²) < 4.78 is 5.77. The molecule has 2 amide bonds. The van der Waals surface area contributed by atoms with E-state index in [1.165, 1.54) is 10.5 Å². The number of rotatable bonds is 6. The molecule has 1 aliphatic heterocycles. The van der Waals surface area contributed by atoms with E-state index >= 15 is 0 Å². The molecule has 0 saturated heterocycles. The van der Waals surface area contributed by atoms with E-state index < -0.39 is 0 Å². The van der Waals surface area contributed by atoms with Gasteiger partial charge >= 0.3 is 6.03 Å². The zero-order valence-corrected chi connectivity index (χ0v) is 16.0. The van der Waals surface area contributed by atoms with Crippen LogP contribution in [0.5, 0.6) is 0 Å². The number of amides is 2.